The van der Waals surface area contributed by atoms with Crippen molar-refractivity contribution < 1.29 is 0 Å². The average molecular weight is 276 g/mol. The van der Waals surface area contributed by atoms with E-state index in [1.165, 1.54) is 24.1 Å². The van der Waals surface area contributed by atoms with Crippen molar-refractivity contribution in [3.8, 4) is 0 Å². The number of hydrogen-bond acceptors (Lipinski definition) is 2. The van der Waals surface area contributed by atoms with Crippen molar-refractivity contribution in [3.05, 3.63) is 29.8 Å². The van der Waals surface area contributed by atoms with E-state index in [9.17, 15) is 0 Å². The van der Waals surface area contributed by atoms with Crippen molar-refractivity contribution >= 4 is 5.69 Å². The molecule has 0 aliphatic rings. The number of nitrogens with one attached hydrogen (secondary N) is 1. The van der Waals surface area contributed by atoms with Crippen molar-refractivity contribution in [1.29, 1.82) is 0 Å². The first-order valence-electron chi connectivity index (χ1n) is 8.02. The molecule has 0 amide bonds. The second-order valence-electron chi connectivity index (χ2n) is 6.32. The van der Waals surface area contributed by atoms with E-state index in [2.05, 4.69) is 76.1 Å². The van der Waals surface area contributed by atoms with Gasteiger partial charge in [-0.3, -0.25) is 0 Å². The van der Waals surface area contributed by atoms with Crippen LogP contribution in [0.1, 0.15) is 59.1 Å². The van der Waals surface area contributed by atoms with Gasteiger partial charge >= 0.3 is 0 Å². The molecule has 0 radical (unpaired) electrons. The zero-order valence-corrected chi connectivity index (χ0v) is 14.1. The van der Waals surface area contributed by atoms with Gasteiger partial charge in [0.15, 0.2) is 0 Å². The third-order valence-corrected chi connectivity index (χ3v) is 3.96. The highest BCUT2D eigenvalue weighted by Crippen LogP contribution is 2.28. The van der Waals surface area contributed by atoms with E-state index in [-0.39, 0.29) is 0 Å². The molecule has 2 heteroatoms. The third-order valence-electron chi connectivity index (χ3n) is 3.96. The fourth-order valence-corrected chi connectivity index (χ4v) is 2.72. The maximum Gasteiger partial charge on any atom is 0.0414 e. The van der Waals surface area contributed by atoms with E-state index in [1.54, 1.807) is 0 Å². The Morgan fingerprint density at radius 2 is 1.75 bits per heavy atom. The van der Waals surface area contributed by atoms with Gasteiger partial charge in [-0.05, 0) is 50.8 Å². The lowest BCUT2D eigenvalue weighted by atomic mass is 10.0. The highest BCUT2D eigenvalue weighted by molar-refractivity contribution is 5.55. The second-order valence-corrected chi connectivity index (χ2v) is 6.32. The lowest BCUT2D eigenvalue weighted by Gasteiger charge is -2.31. The van der Waals surface area contributed by atoms with E-state index in [0.29, 0.717) is 12.1 Å². The molecular formula is C18H32N2. The van der Waals surface area contributed by atoms with Crippen LogP contribution >= 0.6 is 0 Å². The van der Waals surface area contributed by atoms with Crippen LogP contribution in [0.3, 0.4) is 0 Å². The molecule has 1 rings (SSSR count). The van der Waals surface area contributed by atoms with Crippen LogP contribution < -0.4 is 10.2 Å². The van der Waals surface area contributed by atoms with Crippen molar-refractivity contribution in [2.45, 2.75) is 59.5 Å². The van der Waals surface area contributed by atoms with Crippen molar-refractivity contribution in [2.75, 3.05) is 18.5 Å². The van der Waals surface area contributed by atoms with E-state index in [0.717, 1.165) is 12.5 Å². The van der Waals surface area contributed by atoms with Crippen LogP contribution in [0.15, 0.2) is 24.3 Å². The van der Waals surface area contributed by atoms with Crippen molar-refractivity contribution in [3.63, 3.8) is 0 Å². The smallest absolute Gasteiger partial charge is 0.0414 e. The number of benzene rings is 1. The molecule has 0 fully saturated rings. The molecule has 20 heavy (non-hydrogen) atoms. The highest BCUT2D eigenvalue weighted by Gasteiger charge is 2.17. The maximum absolute atomic E-state index is 3.60. The fourth-order valence-electron chi connectivity index (χ4n) is 2.72. The molecule has 0 saturated carbocycles. The molecule has 0 bridgehead atoms. The minimum Gasteiger partial charge on any atom is -0.372 e. The molecule has 2 nitrogen and oxygen atoms in total. The van der Waals surface area contributed by atoms with Gasteiger partial charge in [-0.2, -0.15) is 0 Å². The predicted molar refractivity (Wildman–Crippen MR) is 90.5 cm³/mol. The van der Waals surface area contributed by atoms with Crippen molar-refractivity contribution in [2.24, 2.45) is 5.92 Å². The summed E-state index contributed by atoms with van der Waals surface area (Å²) in [5.41, 5.74) is 2.76. The Bertz CT molecular complexity index is 387. The van der Waals surface area contributed by atoms with Gasteiger partial charge in [0.25, 0.3) is 0 Å². The molecule has 0 aromatic heterocycles. The molecular weight excluding hydrogens is 244 g/mol. The molecule has 2 atom stereocenters. The van der Waals surface area contributed by atoms with Gasteiger partial charge in [0.2, 0.25) is 0 Å². The molecule has 2 unspecified atom stereocenters. The zero-order valence-electron chi connectivity index (χ0n) is 14.1. The molecule has 1 N–H and O–H groups in total. The standard InChI is InChI=1S/C18H32N2/c1-7-12-19-16(5)17-10-8-9-11-18(17)20(6)15(4)13-14(2)3/h8-11,14-16,19H,7,12-13H2,1-6H3. The maximum atomic E-state index is 3.60. The van der Waals surface area contributed by atoms with Gasteiger partial charge in [0, 0.05) is 24.8 Å². The molecule has 0 saturated heterocycles. The molecule has 1 aromatic rings. The van der Waals surface area contributed by atoms with E-state index in [1.807, 2.05) is 0 Å². The van der Waals surface area contributed by atoms with Crippen molar-refractivity contribution in [1.82, 2.24) is 5.32 Å². The van der Waals surface area contributed by atoms with Gasteiger partial charge in [-0.1, -0.05) is 39.0 Å². The van der Waals surface area contributed by atoms with E-state index < -0.39 is 0 Å². The first kappa shape index (κ1) is 17.0. The SMILES string of the molecule is CCCNC(C)c1ccccc1N(C)C(C)CC(C)C. The summed E-state index contributed by atoms with van der Waals surface area (Å²) in [6, 6.07) is 9.75. The summed E-state index contributed by atoms with van der Waals surface area (Å²) >= 11 is 0. The topological polar surface area (TPSA) is 15.3 Å². The largest absolute Gasteiger partial charge is 0.372 e. The minimum atomic E-state index is 0.403. The van der Waals surface area contributed by atoms with Gasteiger partial charge in [0.05, 0.1) is 0 Å². The number of rotatable bonds is 8. The molecule has 0 aliphatic carbocycles. The van der Waals surface area contributed by atoms with Gasteiger partial charge < -0.3 is 10.2 Å². The summed E-state index contributed by atoms with van der Waals surface area (Å²) < 4.78 is 0. The predicted octanol–water partition coefficient (Wildman–Crippen LogP) is 4.62. The molecule has 1 aromatic carbocycles. The normalized spacial score (nSPS) is 14.3. The minimum absolute atomic E-state index is 0.403. The monoisotopic (exact) mass is 276 g/mol. The Labute approximate surface area is 125 Å². The summed E-state index contributed by atoms with van der Waals surface area (Å²) in [6.45, 7) is 12.4. The molecule has 0 spiro atoms. The first-order chi connectivity index (χ1) is 9.47. The number of para-hydroxylation sites is 1. The Morgan fingerprint density at radius 1 is 1.10 bits per heavy atom. The summed E-state index contributed by atoms with van der Waals surface area (Å²) in [7, 11) is 2.22. The Kier molecular flexibility index (Phi) is 7.08. The highest BCUT2D eigenvalue weighted by atomic mass is 15.1. The van der Waals surface area contributed by atoms with Crippen LogP contribution in [-0.2, 0) is 0 Å². The van der Waals surface area contributed by atoms with E-state index in [4.69, 9.17) is 0 Å². The lowest BCUT2D eigenvalue weighted by molar-refractivity contribution is 0.501. The molecule has 0 heterocycles. The van der Waals surface area contributed by atoms with Crippen LogP contribution in [0.25, 0.3) is 0 Å². The Hall–Kier alpha value is -1.02. The van der Waals surface area contributed by atoms with Gasteiger partial charge in [-0.15, -0.1) is 0 Å². The summed E-state index contributed by atoms with van der Waals surface area (Å²) in [5.74, 6) is 0.732. The van der Waals surface area contributed by atoms with Gasteiger partial charge in [-0.25, -0.2) is 0 Å². The number of hydrogen-bond donors (Lipinski definition) is 1. The van der Waals surface area contributed by atoms with Crippen LogP contribution in [-0.4, -0.2) is 19.6 Å². The van der Waals surface area contributed by atoms with Crippen LogP contribution in [0.2, 0.25) is 0 Å². The zero-order chi connectivity index (χ0) is 15.1. The summed E-state index contributed by atoms with van der Waals surface area (Å²) in [5, 5.41) is 3.60. The quantitative estimate of drug-likeness (QED) is 0.745. The van der Waals surface area contributed by atoms with Gasteiger partial charge in [0.1, 0.15) is 0 Å². The van der Waals surface area contributed by atoms with E-state index >= 15 is 0 Å². The van der Waals surface area contributed by atoms with Crippen LogP contribution in [0.5, 0.6) is 0 Å². The Balaban J connectivity index is 2.88. The van der Waals surface area contributed by atoms with Crippen LogP contribution in [0, 0.1) is 5.92 Å². The lowest BCUT2D eigenvalue weighted by Crippen LogP contribution is -2.32. The van der Waals surface area contributed by atoms with Crippen LogP contribution in [0.4, 0.5) is 5.69 Å². The third kappa shape index (κ3) is 4.82. The summed E-state index contributed by atoms with van der Waals surface area (Å²) in [4.78, 5) is 2.43. The second kappa shape index (κ2) is 8.31. The summed E-state index contributed by atoms with van der Waals surface area (Å²) in [6.07, 6.45) is 2.40. The average Bonchev–Trinajstić information content (AvgIpc) is 2.43. The molecule has 114 valence electrons. The fraction of sp³-hybridized carbons (Fsp3) is 0.667. The Morgan fingerprint density at radius 3 is 2.35 bits per heavy atom. The number of anilines is 1. The molecule has 0 aliphatic heterocycles. The number of nitrogens with zero attached hydrogens (tertiary/aromatic N) is 1. The first-order valence-corrected chi connectivity index (χ1v) is 8.02.